The summed E-state index contributed by atoms with van der Waals surface area (Å²) in [6.45, 7) is 9.74. The first-order chi connectivity index (χ1) is 10.3. The van der Waals surface area contributed by atoms with Gasteiger partial charge in [-0.15, -0.1) is 11.3 Å². The minimum absolute atomic E-state index is 0.0419. The molecule has 124 valence electrons. The molecule has 1 aromatic heterocycles. The third kappa shape index (κ3) is 4.20. The highest BCUT2D eigenvalue weighted by atomic mass is 32.1. The summed E-state index contributed by atoms with van der Waals surface area (Å²) in [5.74, 6) is 0.221. The summed E-state index contributed by atoms with van der Waals surface area (Å²) < 4.78 is 0. The van der Waals surface area contributed by atoms with E-state index in [9.17, 15) is 9.90 Å². The Balaban J connectivity index is 1.80. The van der Waals surface area contributed by atoms with Crippen LogP contribution in [0.4, 0.5) is 5.13 Å². The Hall–Kier alpha value is -1.14. The number of aryl methyl sites for hydroxylation is 1. The van der Waals surface area contributed by atoms with E-state index in [1.165, 1.54) is 0 Å². The molecule has 0 spiro atoms. The number of thiazole rings is 1. The second kappa shape index (κ2) is 6.96. The monoisotopic (exact) mass is 325 g/mol. The van der Waals surface area contributed by atoms with Crippen LogP contribution in [0.5, 0.6) is 0 Å². The number of amides is 1. The maximum absolute atomic E-state index is 12.3. The maximum atomic E-state index is 12.3. The predicted molar refractivity (Wildman–Crippen MR) is 90.3 cm³/mol. The molecule has 0 saturated carbocycles. The molecule has 1 aliphatic rings. The fraction of sp³-hybridized carbons (Fsp3) is 0.750. The van der Waals surface area contributed by atoms with Crippen molar-refractivity contribution in [2.24, 2.45) is 11.8 Å². The third-order valence-electron chi connectivity index (χ3n) is 4.61. The first kappa shape index (κ1) is 17.2. The van der Waals surface area contributed by atoms with Crippen molar-refractivity contribution < 1.29 is 9.90 Å². The van der Waals surface area contributed by atoms with Crippen molar-refractivity contribution in [3.05, 3.63) is 11.1 Å². The van der Waals surface area contributed by atoms with Gasteiger partial charge in [-0.25, -0.2) is 4.98 Å². The average molecular weight is 325 g/mol. The van der Waals surface area contributed by atoms with Gasteiger partial charge in [0.1, 0.15) is 0 Å². The smallest absolute Gasteiger partial charge is 0.223 e. The number of carbonyl (C=O) groups excluding carboxylic acids is 1. The van der Waals surface area contributed by atoms with Crippen LogP contribution in [0.15, 0.2) is 5.38 Å². The van der Waals surface area contributed by atoms with Gasteiger partial charge in [-0.05, 0) is 32.6 Å². The zero-order valence-corrected chi connectivity index (χ0v) is 14.7. The minimum Gasteiger partial charge on any atom is -0.388 e. The summed E-state index contributed by atoms with van der Waals surface area (Å²) in [5, 5.41) is 16.2. The van der Waals surface area contributed by atoms with Crippen molar-refractivity contribution in [3.8, 4) is 0 Å². The number of hydrogen-bond acceptors (Lipinski definition) is 5. The molecule has 1 aromatic rings. The summed E-state index contributed by atoms with van der Waals surface area (Å²) in [4.78, 5) is 19.0. The standard InChI is InChI=1S/C16H27N3O2S/c1-11(2)16(4,21)10-17-14(20)13-5-7-19(8-6-13)15-18-12(3)9-22-15/h9,11,13,21H,5-8,10H2,1-4H3,(H,17,20). The van der Waals surface area contributed by atoms with Gasteiger partial charge < -0.3 is 15.3 Å². The van der Waals surface area contributed by atoms with Crippen LogP contribution in [0.25, 0.3) is 0 Å². The number of nitrogens with zero attached hydrogens (tertiary/aromatic N) is 2. The Labute approximate surface area is 136 Å². The largest absolute Gasteiger partial charge is 0.388 e. The molecule has 0 radical (unpaired) electrons. The van der Waals surface area contributed by atoms with E-state index in [0.29, 0.717) is 6.54 Å². The van der Waals surface area contributed by atoms with Gasteiger partial charge in [-0.2, -0.15) is 0 Å². The van der Waals surface area contributed by atoms with Crippen LogP contribution in [-0.2, 0) is 4.79 Å². The number of aliphatic hydroxyl groups is 1. The molecule has 1 amide bonds. The van der Waals surface area contributed by atoms with Crippen LogP contribution < -0.4 is 10.2 Å². The topological polar surface area (TPSA) is 65.5 Å². The van der Waals surface area contributed by atoms with Crippen molar-refractivity contribution in [2.45, 2.75) is 46.1 Å². The number of piperidine rings is 1. The molecule has 1 fully saturated rings. The number of hydrogen-bond donors (Lipinski definition) is 2. The quantitative estimate of drug-likeness (QED) is 0.871. The van der Waals surface area contributed by atoms with Crippen LogP contribution in [0.2, 0.25) is 0 Å². The summed E-state index contributed by atoms with van der Waals surface area (Å²) in [6.07, 6.45) is 1.68. The highest BCUT2D eigenvalue weighted by molar-refractivity contribution is 7.13. The zero-order chi connectivity index (χ0) is 16.3. The van der Waals surface area contributed by atoms with E-state index in [1.807, 2.05) is 20.8 Å². The number of rotatable bonds is 5. The normalized spacial score (nSPS) is 19.3. The third-order valence-corrected chi connectivity index (χ3v) is 5.63. The Kier molecular flexibility index (Phi) is 5.45. The van der Waals surface area contributed by atoms with E-state index in [2.05, 4.69) is 20.6 Å². The molecule has 5 nitrogen and oxygen atoms in total. The molecule has 1 unspecified atom stereocenters. The number of carbonyl (C=O) groups is 1. The maximum Gasteiger partial charge on any atom is 0.223 e. The van der Waals surface area contributed by atoms with Crippen molar-refractivity contribution in [3.63, 3.8) is 0 Å². The van der Waals surface area contributed by atoms with Gasteiger partial charge in [-0.3, -0.25) is 4.79 Å². The van der Waals surface area contributed by atoms with Crippen LogP contribution in [0.3, 0.4) is 0 Å². The van der Waals surface area contributed by atoms with E-state index < -0.39 is 5.60 Å². The highest BCUT2D eigenvalue weighted by Gasteiger charge is 2.29. The average Bonchev–Trinajstić information content (AvgIpc) is 2.91. The molecule has 2 heterocycles. The Morgan fingerprint density at radius 1 is 1.55 bits per heavy atom. The van der Waals surface area contributed by atoms with Gasteiger partial charge in [0.2, 0.25) is 5.91 Å². The van der Waals surface area contributed by atoms with Gasteiger partial charge in [-0.1, -0.05) is 13.8 Å². The van der Waals surface area contributed by atoms with E-state index in [1.54, 1.807) is 18.3 Å². The Morgan fingerprint density at radius 2 is 2.18 bits per heavy atom. The van der Waals surface area contributed by atoms with Gasteiger partial charge in [0.05, 0.1) is 11.3 Å². The molecule has 2 N–H and O–H groups in total. The van der Waals surface area contributed by atoms with Crippen LogP contribution in [-0.4, -0.2) is 41.2 Å². The number of anilines is 1. The molecule has 0 bridgehead atoms. The molecule has 2 rings (SSSR count). The molecule has 6 heteroatoms. The molecular weight excluding hydrogens is 298 g/mol. The lowest BCUT2D eigenvalue weighted by Crippen LogP contribution is -2.47. The summed E-state index contributed by atoms with van der Waals surface area (Å²) in [7, 11) is 0. The zero-order valence-electron chi connectivity index (χ0n) is 13.9. The highest BCUT2D eigenvalue weighted by Crippen LogP contribution is 2.26. The number of aromatic nitrogens is 1. The molecule has 1 aliphatic heterocycles. The molecule has 22 heavy (non-hydrogen) atoms. The molecular formula is C16H27N3O2S. The van der Waals surface area contributed by atoms with Gasteiger partial charge in [0, 0.05) is 30.9 Å². The second-order valence-corrected chi connectivity index (χ2v) is 7.60. The lowest BCUT2D eigenvalue weighted by atomic mass is 9.91. The van der Waals surface area contributed by atoms with E-state index in [-0.39, 0.29) is 17.7 Å². The van der Waals surface area contributed by atoms with Crippen LogP contribution >= 0.6 is 11.3 Å². The predicted octanol–water partition coefficient (Wildman–Crippen LogP) is 2.19. The van der Waals surface area contributed by atoms with Gasteiger partial charge >= 0.3 is 0 Å². The Bertz CT molecular complexity index is 505. The van der Waals surface area contributed by atoms with Gasteiger partial charge in [0.25, 0.3) is 0 Å². The van der Waals surface area contributed by atoms with Crippen LogP contribution in [0.1, 0.15) is 39.3 Å². The van der Waals surface area contributed by atoms with E-state index >= 15 is 0 Å². The summed E-state index contributed by atoms with van der Waals surface area (Å²) in [6, 6.07) is 0. The van der Waals surface area contributed by atoms with Crippen molar-refractivity contribution >= 4 is 22.4 Å². The molecule has 1 saturated heterocycles. The van der Waals surface area contributed by atoms with Gasteiger partial charge in [0.15, 0.2) is 5.13 Å². The minimum atomic E-state index is -0.852. The lowest BCUT2D eigenvalue weighted by molar-refractivity contribution is -0.127. The van der Waals surface area contributed by atoms with Crippen molar-refractivity contribution in [2.75, 3.05) is 24.5 Å². The van der Waals surface area contributed by atoms with Crippen LogP contribution in [0, 0.1) is 18.8 Å². The van der Waals surface area contributed by atoms with E-state index in [0.717, 1.165) is 36.8 Å². The van der Waals surface area contributed by atoms with Crippen molar-refractivity contribution in [1.29, 1.82) is 0 Å². The molecule has 1 atom stereocenters. The summed E-state index contributed by atoms with van der Waals surface area (Å²) in [5.41, 5.74) is 0.199. The molecule has 0 aromatic carbocycles. The number of nitrogens with one attached hydrogen (secondary N) is 1. The fourth-order valence-electron chi connectivity index (χ4n) is 2.43. The SMILES string of the molecule is Cc1csc(N2CCC(C(=O)NCC(C)(O)C(C)C)CC2)n1. The molecule has 0 aliphatic carbocycles. The summed E-state index contributed by atoms with van der Waals surface area (Å²) >= 11 is 1.66. The van der Waals surface area contributed by atoms with Crippen molar-refractivity contribution in [1.82, 2.24) is 10.3 Å². The van der Waals surface area contributed by atoms with E-state index in [4.69, 9.17) is 0 Å². The lowest BCUT2D eigenvalue weighted by Gasteiger charge is -2.32. The first-order valence-corrected chi connectivity index (χ1v) is 8.84. The first-order valence-electron chi connectivity index (χ1n) is 7.97. The Morgan fingerprint density at radius 3 is 2.68 bits per heavy atom. The second-order valence-electron chi connectivity index (χ2n) is 6.76. The fourth-order valence-corrected chi connectivity index (χ4v) is 3.29.